The number of halogens is 1. The number of carbonyl (C=O) groups excluding carboxylic acids is 2. The van der Waals surface area contributed by atoms with Gasteiger partial charge in [0.1, 0.15) is 11.6 Å². The van der Waals surface area contributed by atoms with E-state index in [2.05, 4.69) is 5.32 Å². The van der Waals surface area contributed by atoms with Crippen LogP contribution in [0.25, 0.3) is 0 Å². The molecule has 1 aliphatic rings. The Hall–Kier alpha value is -1.75. The van der Waals surface area contributed by atoms with Gasteiger partial charge in [0.25, 0.3) is 0 Å². The molecule has 1 heterocycles. The van der Waals surface area contributed by atoms with Gasteiger partial charge in [-0.15, -0.1) is 0 Å². The molecule has 0 aromatic heterocycles. The second-order valence-electron chi connectivity index (χ2n) is 7.00. The van der Waals surface area contributed by atoms with Crippen molar-refractivity contribution in [3.63, 3.8) is 0 Å². The molecule has 2 amide bonds. The van der Waals surface area contributed by atoms with E-state index in [1.807, 2.05) is 45.0 Å². The lowest BCUT2D eigenvalue weighted by Crippen LogP contribution is -2.47. The van der Waals surface area contributed by atoms with Crippen LogP contribution < -0.4 is 5.32 Å². The van der Waals surface area contributed by atoms with Crippen LogP contribution in [0, 0.1) is 0 Å². The first kappa shape index (κ1) is 18.6. The predicted molar refractivity (Wildman–Crippen MR) is 94.1 cm³/mol. The minimum absolute atomic E-state index is 0.125. The normalized spacial score (nSPS) is 17.7. The monoisotopic (exact) mass is 352 g/mol. The molecule has 0 bridgehead atoms. The van der Waals surface area contributed by atoms with Gasteiger partial charge in [-0.05, 0) is 57.7 Å². The van der Waals surface area contributed by atoms with E-state index in [1.54, 1.807) is 0 Å². The van der Waals surface area contributed by atoms with Crippen LogP contribution in [-0.4, -0.2) is 41.6 Å². The summed E-state index contributed by atoms with van der Waals surface area (Å²) in [5.74, 6) is -0.125. The summed E-state index contributed by atoms with van der Waals surface area (Å²) >= 11 is 5.95. The highest BCUT2D eigenvalue weighted by Gasteiger charge is 2.36. The van der Waals surface area contributed by atoms with Gasteiger partial charge in [-0.3, -0.25) is 9.69 Å². The van der Waals surface area contributed by atoms with Gasteiger partial charge in [-0.25, -0.2) is 4.79 Å². The van der Waals surface area contributed by atoms with Crippen LogP contribution in [0.5, 0.6) is 0 Å². The minimum Gasteiger partial charge on any atom is -0.444 e. The number of amides is 2. The number of nitrogens with one attached hydrogen (secondary N) is 1. The third-order valence-corrected chi connectivity index (χ3v) is 4.02. The Kier molecular flexibility index (Phi) is 6.10. The first-order valence-electron chi connectivity index (χ1n) is 8.28. The maximum Gasteiger partial charge on any atom is 0.410 e. The number of carbonyl (C=O) groups is 2. The third kappa shape index (κ3) is 5.41. The van der Waals surface area contributed by atoms with Crippen molar-refractivity contribution in [3.8, 4) is 0 Å². The van der Waals surface area contributed by atoms with E-state index in [0.29, 0.717) is 31.0 Å². The van der Waals surface area contributed by atoms with E-state index in [4.69, 9.17) is 16.3 Å². The maximum absolute atomic E-state index is 12.4. The van der Waals surface area contributed by atoms with Crippen LogP contribution in [-0.2, 0) is 16.0 Å². The summed E-state index contributed by atoms with van der Waals surface area (Å²) in [5.41, 5.74) is 0.506. The Bertz CT molecular complexity index is 598. The average Bonchev–Trinajstić information content (AvgIpc) is 2.95. The van der Waals surface area contributed by atoms with Crippen LogP contribution >= 0.6 is 11.6 Å². The molecule has 1 saturated heterocycles. The van der Waals surface area contributed by atoms with Crippen molar-refractivity contribution in [2.75, 3.05) is 13.1 Å². The predicted octanol–water partition coefficient (Wildman–Crippen LogP) is 3.40. The number of ether oxygens (including phenoxy) is 1. The highest BCUT2D eigenvalue weighted by Crippen LogP contribution is 2.21. The van der Waals surface area contributed by atoms with Crippen molar-refractivity contribution in [2.24, 2.45) is 0 Å². The van der Waals surface area contributed by atoms with E-state index < -0.39 is 17.7 Å². The second kappa shape index (κ2) is 7.88. The number of benzene rings is 1. The number of hydrogen-bond donors (Lipinski definition) is 1. The van der Waals surface area contributed by atoms with Gasteiger partial charge in [-0.1, -0.05) is 23.7 Å². The Morgan fingerprint density at radius 2 is 2.12 bits per heavy atom. The van der Waals surface area contributed by atoms with Crippen LogP contribution in [0.2, 0.25) is 5.02 Å². The van der Waals surface area contributed by atoms with Gasteiger partial charge in [0.05, 0.1) is 0 Å². The van der Waals surface area contributed by atoms with E-state index in [0.717, 1.165) is 12.0 Å². The minimum atomic E-state index is -0.562. The lowest BCUT2D eigenvalue weighted by molar-refractivity contribution is -0.125. The second-order valence-corrected chi connectivity index (χ2v) is 7.44. The highest BCUT2D eigenvalue weighted by atomic mass is 35.5. The molecule has 2 rings (SSSR count). The van der Waals surface area contributed by atoms with Gasteiger partial charge >= 0.3 is 6.09 Å². The summed E-state index contributed by atoms with van der Waals surface area (Å²) < 4.78 is 5.38. The summed E-state index contributed by atoms with van der Waals surface area (Å²) in [6.45, 7) is 6.53. The van der Waals surface area contributed by atoms with E-state index in [1.165, 1.54) is 4.90 Å². The Morgan fingerprint density at radius 3 is 2.79 bits per heavy atom. The Balaban J connectivity index is 1.85. The maximum atomic E-state index is 12.4. The summed E-state index contributed by atoms with van der Waals surface area (Å²) in [7, 11) is 0. The summed E-state index contributed by atoms with van der Waals surface area (Å²) in [5, 5.41) is 3.59. The lowest BCUT2D eigenvalue weighted by Gasteiger charge is -2.28. The summed E-state index contributed by atoms with van der Waals surface area (Å²) in [6.07, 6.45) is 1.76. The summed E-state index contributed by atoms with van der Waals surface area (Å²) in [6, 6.07) is 7.12. The van der Waals surface area contributed by atoms with Gasteiger partial charge in [0.15, 0.2) is 0 Å². The topological polar surface area (TPSA) is 58.6 Å². The van der Waals surface area contributed by atoms with Crippen molar-refractivity contribution >= 4 is 23.6 Å². The van der Waals surface area contributed by atoms with E-state index in [9.17, 15) is 9.59 Å². The molecule has 1 atom stereocenters. The van der Waals surface area contributed by atoms with Gasteiger partial charge < -0.3 is 10.1 Å². The highest BCUT2D eigenvalue weighted by molar-refractivity contribution is 6.30. The molecule has 132 valence electrons. The molecule has 1 fully saturated rings. The van der Waals surface area contributed by atoms with Crippen molar-refractivity contribution in [1.82, 2.24) is 10.2 Å². The molecule has 1 N–H and O–H groups in total. The quantitative estimate of drug-likeness (QED) is 0.903. The first-order chi connectivity index (χ1) is 11.3. The lowest BCUT2D eigenvalue weighted by atomic mass is 10.1. The molecular weight excluding hydrogens is 328 g/mol. The van der Waals surface area contributed by atoms with Crippen LogP contribution in [0.4, 0.5) is 4.79 Å². The molecule has 0 radical (unpaired) electrons. The van der Waals surface area contributed by atoms with Gasteiger partial charge in [0.2, 0.25) is 5.91 Å². The molecule has 5 nitrogen and oxygen atoms in total. The molecule has 1 aromatic rings. The zero-order chi connectivity index (χ0) is 17.7. The number of likely N-dealkylation sites (tertiary alicyclic amines) is 1. The third-order valence-electron chi connectivity index (χ3n) is 3.79. The zero-order valence-electron chi connectivity index (χ0n) is 14.5. The molecule has 0 unspecified atom stereocenters. The van der Waals surface area contributed by atoms with E-state index >= 15 is 0 Å². The van der Waals surface area contributed by atoms with Crippen molar-refractivity contribution in [1.29, 1.82) is 0 Å². The molecule has 0 saturated carbocycles. The zero-order valence-corrected chi connectivity index (χ0v) is 15.2. The standard InChI is InChI=1S/C18H25ClN2O3/c1-18(2,3)24-17(23)21-11-5-8-15(21)16(22)20-10-9-13-6-4-7-14(19)12-13/h4,6-7,12,15H,5,8-11H2,1-3H3,(H,20,22)/t15-/m0/s1. The molecular formula is C18H25ClN2O3. The number of rotatable bonds is 4. The van der Waals surface area contributed by atoms with Crippen LogP contribution in [0.15, 0.2) is 24.3 Å². The smallest absolute Gasteiger partial charge is 0.410 e. The Labute approximate surface area is 148 Å². The van der Waals surface area contributed by atoms with Crippen LogP contribution in [0.3, 0.4) is 0 Å². The fourth-order valence-corrected chi connectivity index (χ4v) is 2.93. The van der Waals surface area contributed by atoms with Crippen molar-refractivity contribution < 1.29 is 14.3 Å². The Morgan fingerprint density at radius 1 is 1.38 bits per heavy atom. The number of nitrogens with zero attached hydrogens (tertiary/aromatic N) is 1. The van der Waals surface area contributed by atoms with Gasteiger partial charge in [-0.2, -0.15) is 0 Å². The molecule has 24 heavy (non-hydrogen) atoms. The van der Waals surface area contributed by atoms with Crippen molar-refractivity contribution in [2.45, 2.75) is 51.7 Å². The number of hydrogen-bond acceptors (Lipinski definition) is 3. The largest absolute Gasteiger partial charge is 0.444 e. The first-order valence-corrected chi connectivity index (χ1v) is 8.66. The average molecular weight is 353 g/mol. The summed E-state index contributed by atoms with van der Waals surface area (Å²) in [4.78, 5) is 26.1. The van der Waals surface area contributed by atoms with Gasteiger partial charge in [0, 0.05) is 18.1 Å². The van der Waals surface area contributed by atoms with Crippen LogP contribution in [0.1, 0.15) is 39.2 Å². The molecule has 6 heteroatoms. The molecule has 1 aliphatic heterocycles. The fraction of sp³-hybridized carbons (Fsp3) is 0.556. The van der Waals surface area contributed by atoms with E-state index in [-0.39, 0.29) is 5.91 Å². The molecule has 0 aliphatic carbocycles. The SMILES string of the molecule is CC(C)(C)OC(=O)N1CCC[C@H]1C(=O)NCCc1cccc(Cl)c1. The molecule has 1 aromatic carbocycles. The van der Waals surface area contributed by atoms with Crippen molar-refractivity contribution in [3.05, 3.63) is 34.9 Å². The molecule has 0 spiro atoms. The fourth-order valence-electron chi connectivity index (χ4n) is 2.72.